The lowest BCUT2D eigenvalue weighted by atomic mass is 10.4. The fourth-order valence-electron chi connectivity index (χ4n) is 1.43. The van der Waals surface area contributed by atoms with Crippen LogP contribution in [0.1, 0.15) is 5.69 Å². The Kier molecular flexibility index (Phi) is 5.11. The van der Waals surface area contributed by atoms with E-state index in [2.05, 4.69) is 24.6 Å². The summed E-state index contributed by atoms with van der Waals surface area (Å²) >= 11 is 0. The van der Waals surface area contributed by atoms with Crippen molar-refractivity contribution in [3.63, 3.8) is 0 Å². The molecule has 2 rings (SSSR count). The van der Waals surface area contributed by atoms with Gasteiger partial charge >= 0.3 is 6.18 Å². The normalized spacial score (nSPS) is 12.1. The minimum atomic E-state index is -4.47. The van der Waals surface area contributed by atoms with Crippen LogP contribution in [0.25, 0.3) is 0 Å². The summed E-state index contributed by atoms with van der Waals surface area (Å²) in [4.78, 5) is 3.69. The standard InChI is InChI=1S/C12H11F3N4O3S/c13-12(14,15)8-22-11-4-3-9(18-19-11)6-17-23(20,21)10-2-1-5-16-7-10/h1-5,7,17H,6,8H2. The van der Waals surface area contributed by atoms with Gasteiger partial charge in [-0.15, -0.1) is 5.10 Å². The highest BCUT2D eigenvalue weighted by atomic mass is 32.2. The SMILES string of the molecule is O=S(=O)(NCc1ccc(OCC(F)(F)F)nn1)c1cccnc1. The Bertz CT molecular complexity index is 736. The summed E-state index contributed by atoms with van der Waals surface area (Å²) in [6.45, 7) is -1.65. The van der Waals surface area contributed by atoms with Crippen LogP contribution in [0.5, 0.6) is 5.88 Å². The number of aromatic nitrogens is 3. The van der Waals surface area contributed by atoms with Crippen molar-refractivity contribution in [1.82, 2.24) is 19.9 Å². The van der Waals surface area contributed by atoms with Crippen LogP contribution in [0.3, 0.4) is 0 Å². The summed E-state index contributed by atoms with van der Waals surface area (Å²) in [6, 6.07) is 5.33. The molecule has 0 bridgehead atoms. The Hall–Kier alpha value is -2.27. The van der Waals surface area contributed by atoms with Crippen LogP contribution in [-0.4, -0.2) is 36.4 Å². The first kappa shape index (κ1) is 17.1. The van der Waals surface area contributed by atoms with Crippen LogP contribution >= 0.6 is 0 Å². The Morgan fingerprint density at radius 3 is 2.52 bits per heavy atom. The first-order valence-corrected chi connectivity index (χ1v) is 7.66. The van der Waals surface area contributed by atoms with Gasteiger partial charge in [0.1, 0.15) is 4.90 Å². The molecule has 0 saturated heterocycles. The van der Waals surface area contributed by atoms with Crippen molar-refractivity contribution in [3.05, 3.63) is 42.4 Å². The number of rotatable bonds is 6. The van der Waals surface area contributed by atoms with Crippen molar-refractivity contribution in [3.8, 4) is 5.88 Å². The monoisotopic (exact) mass is 348 g/mol. The zero-order chi connectivity index (χ0) is 16.9. The zero-order valence-corrected chi connectivity index (χ0v) is 12.3. The second-order valence-electron chi connectivity index (χ2n) is 4.28. The van der Waals surface area contributed by atoms with Gasteiger partial charge < -0.3 is 4.74 Å². The molecule has 0 unspecified atom stereocenters. The zero-order valence-electron chi connectivity index (χ0n) is 11.5. The average Bonchev–Trinajstić information content (AvgIpc) is 2.52. The van der Waals surface area contributed by atoms with E-state index in [9.17, 15) is 21.6 Å². The molecule has 0 fully saturated rings. The van der Waals surface area contributed by atoms with E-state index in [0.29, 0.717) is 0 Å². The number of pyridine rings is 1. The number of halogens is 3. The van der Waals surface area contributed by atoms with E-state index < -0.39 is 22.8 Å². The van der Waals surface area contributed by atoms with Gasteiger partial charge in [0, 0.05) is 18.5 Å². The molecule has 0 saturated carbocycles. The summed E-state index contributed by atoms with van der Waals surface area (Å²) in [6.07, 6.45) is -1.86. The fraction of sp³-hybridized carbons (Fsp3) is 0.250. The molecular weight excluding hydrogens is 337 g/mol. The number of sulfonamides is 1. The summed E-state index contributed by atoms with van der Waals surface area (Å²) < 4.78 is 66.5. The van der Waals surface area contributed by atoms with Crippen molar-refractivity contribution in [1.29, 1.82) is 0 Å². The molecule has 0 aliphatic rings. The smallest absolute Gasteiger partial charge is 0.422 e. The van der Waals surface area contributed by atoms with E-state index in [0.717, 1.165) is 0 Å². The van der Waals surface area contributed by atoms with Crippen molar-refractivity contribution < 1.29 is 26.3 Å². The Morgan fingerprint density at radius 1 is 1.17 bits per heavy atom. The van der Waals surface area contributed by atoms with Crippen molar-refractivity contribution in [2.24, 2.45) is 0 Å². The molecule has 0 aromatic carbocycles. The maximum atomic E-state index is 12.0. The van der Waals surface area contributed by atoms with Gasteiger partial charge in [0.2, 0.25) is 15.9 Å². The topological polar surface area (TPSA) is 94.1 Å². The highest BCUT2D eigenvalue weighted by Crippen LogP contribution is 2.16. The van der Waals surface area contributed by atoms with E-state index in [1.54, 1.807) is 0 Å². The minimum Gasteiger partial charge on any atom is -0.467 e. The number of hydrogen-bond donors (Lipinski definition) is 1. The molecule has 2 aromatic rings. The van der Waals surface area contributed by atoms with E-state index >= 15 is 0 Å². The maximum Gasteiger partial charge on any atom is 0.422 e. The molecule has 0 aliphatic carbocycles. The molecule has 1 N–H and O–H groups in total. The highest BCUT2D eigenvalue weighted by molar-refractivity contribution is 7.89. The van der Waals surface area contributed by atoms with Crippen LogP contribution in [-0.2, 0) is 16.6 Å². The summed E-state index contributed by atoms with van der Waals surface area (Å²) in [5.74, 6) is -0.304. The number of nitrogens with one attached hydrogen (secondary N) is 1. The molecule has 2 heterocycles. The van der Waals surface area contributed by atoms with Gasteiger partial charge in [0.05, 0.1) is 12.2 Å². The van der Waals surface area contributed by atoms with Gasteiger partial charge in [-0.2, -0.15) is 18.3 Å². The van der Waals surface area contributed by atoms with Gasteiger partial charge in [-0.25, -0.2) is 13.1 Å². The molecular formula is C12H11F3N4O3S. The predicted octanol–water partition coefficient (Wildman–Crippen LogP) is 1.29. The summed E-state index contributed by atoms with van der Waals surface area (Å²) in [5, 5.41) is 7.03. The van der Waals surface area contributed by atoms with Crippen LogP contribution in [0.2, 0.25) is 0 Å². The fourth-order valence-corrected chi connectivity index (χ4v) is 2.39. The largest absolute Gasteiger partial charge is 0.467 e. The van der Waals surface area contributed by atoms with E-state index in [-0.39, 0.29) is 23.0 Å². The predicted molar refractivity (Wildman–Crippen MR) is 71.8 cm³/mol. The first-order chi connectivity index (χ1) is 10.8. The maximum absolute atomic E-state index is 12.0. The number of ether oxygens (including phenoxy) is 1. The summed E-state index contributed by atoms with van der Waals surface area (Å²) in [7, 11) is -3.76. The van der Waals surface area contributed by atoms with E-state index in [1.165, 1.54) is 36.7 Å². The molecule has 0 aliphatic heterocycles. The van der Waals surface area contributed by atoms with Crippen molar-refractivity contribution in [2.45, 2.75) is 17.6 Å². The van der Waals surface area contributed by atoms with Crippen molar-refractivity contribution in [2.75, 3.05) is 6.61 Å². The molecule has 11 heteroatoms. The van der Waals surface area contributed by atoms with E-state index in [1.807, 2.05) is 0 Å². The van der Waals surface area contributed by atoms with Gasteiger partial charge in [-0.3, -0.25) is 4.98 Å². The van der Waals surface area contributed by atoms with E-state index in [4.69, 9.17) is 0 Å². The second kappa shape index (κ2) is 6.87. The van der Waals surface area contributed by atoms with Crippen LogP contribution in [0.15, 0.2) is 41.6 Å². The molecule has 0 amide bonds. The van der Waals surface area contributed by atoms with Gasteiger partial charge in [-0.1, -0.05) is 0 Å². The van der Waals surface area contributed by atoms with Gasteiger partial charge in [-0.05, 0) is 18.2 Å². The van der Waals surface area contributed by atoms with Gasteiger partial charge in [0.25, 0.3) is 0 Å². The third-order valence-electron chi connectivity index (χ3n) is 2.47. The Labute approximate surface area is 129 Å². The second-order valence-corrected chi connectivity index (χ2v) is 6.05. The lowest BCUT2D eigenvalue weighted by Gasteiger charge is -2.08. The van der Waals surface area contributed by atoms with Crippen LogP contribution in [0.4, 0.5) is 13.2 Å². The molecule has 23 heavy (non-hydrogen) atoms. The molecule has 124 valence electrons. The number of nitrogens with zero attached hydrogens (tertiary/aromatic N) is 3. The number of hydrogen-bond acceptors (Lipinski definition) is 6. The third kappa shape index (κ3) is 5.45. The molecule has 0 spiro atoms. The Balaban J connectivity index is 1.94. The van der Waals surface area contributed by atoms with Gasteiger partial charge in [0.15, 0.2) is 6.61 Å². The molecule has 0 radical (unpaired) electrons. The van der Waals surface area contributed by atoms with Crippen LogP contribution < -0.4 is 9.46 Å². The first-order valence-electron chi connectivity index (χ1n) is 6.18. The molecule has 2 aromatic heterocycles. The molecule has 7 nitrogen and oxygen atoms in total. The lowest BCUT2D eigenvalue weighted by Crippen LogP contribution is -2.24. The quantitative estimate of drug-likeness (QED) is 0.845. The van der Waals surface area contributed by atoms with Crippen LogP contribution in [0, 0.1) is 0 Å². The summed E-state index contributed by atoms with van der Waals surface area (Å²) in [5.41, 5.74) is 0.219. The molecule has 0 atom stereocenters. The average molecular weight is 348 g/mol. The Morgan fingerprint density at radius 2 is 1.96 bits per heavy atom. The highest BCUT2D eigenvalue weighted by Gasteiger charge is 2.28. The van der Waals surface area contributed by atoms with Crippen molar-refractivity contribution >= 4 is 10.0 Å². The third-order valence-corrected chi connectivity index (χ3v) is 3.85. The minimum absolute atomic E-state index is 0.0157. The lowest BCUT2D eigenvalue weighted by molar-refractivity contribution is -0.154. The number of alkyl halides is 3.